The maximum absolute atomic E-state index is 12.5. The van der Waals surface area contributed by atoms with Crippen LogP contribution in [-0.2, 0) is 11.3 Å². The molecule has 2 aromatic heterocycles. The number of carbonyl (C=O) groups is 1. The predicted molar refractivity (Wildman–Crippen MR) is 95.5 cm³/mol. The summed E-state index contributed by atoms with van der Waals surface area (Å²) >= 11 is 0. The fraction of sp³-hybridized carbons (Fsp3) is 0.500. The second-order valence-electron chi connectivity index (χ2n) is 6.28. The van der Waals surface area contributed by atoms with Crippen LogP contribution in [0.25, 0.3) is 0 Å². The Kier molecular flexibility index (Phi) is 5.33. The van der Waals surface area contributed by atoms with E-state index in [1.807, 2.05) is 37.6 Å². The summed E-state index contributed by atoms with van der Waals surface area (Å²) in [5.41, 5.74) is 3.59. The topological polar surface area (TPSA) is 81.1 Å². The molecule has 1 aliphatic rings. The molecular formula is C18H25N5O2. The quantitative estimate of drug-likeness (QED) is 0.894. The minimum absolute atomic E-state index is 0.0713. The molecule has 1 saturated heterocycles. The Hall–Kier alpha value is -2.41. The van der Waals surface area contributed by atoms with Crippen LogP contribution in [-0.4, -0.2) is 33.4 Å². The maximum Gasteiger partial charge on any atom is 0.319 e. The van der Waals surface area contributed by atoms with E-state index >= 15 is 0 Å². The van der Waals surface area contributed by atoms with Gasteiger partial charge in [0.25, 0.3) is 0 Å². The Morgan fingerprint density at radius 2 is 2.12 bits per heavy atom. The lowest BCUT2D eigenvalue weighted by Crippen LogP contribution is -2.44. The first-order valence-corrected chi connectivity index (χ1v) is 8.73. The van der Waals surface area contributed by atoms with Crippen molar-refractivity contribution in [1.29, 1.82) is 0 Å². The van der Waals surface area contributed by atoms with E-state index in [-0.39, 0.29) is 18.2 Å². The van der Waals surface area contributed by atoms with Crippen molar-refractivity contribution in [2.75, 3.05) is 11.9 Å². The van der Waals surface area contributed by atoms with Crippen LogP contribution in [0.3, 0.4) is 0 Å². The summed E-state index contributed by atoms with van der Waals surface area (Å²) in [6.45, 7) is 7.37. The zero-order chi connectivity index (χ0) is 17.8. The lowest BCUT2D eigenvalue weighted by molar-refractivity contribution is -0.00701. The molecule has 3 rings (SSSR count). The number of nitrogens with one attached hydrogen (secondary N) is 2. The first kappa shape index (κ1) is 17.4. The maximum atomic E-state index is 12.5. The van der Waals surface area contributed by atoms with E-state index in [2.05, 4.69) is 20.7 Å². The molecule has 1 aliphatic heterocycles. The molecule has 0 radical (unpaired) electrons. The lowest BCUT2D eigenvalue weighted by atomic mass is 9.97. The molecule has 2 amide bonds. The van der Waals surface area contributed by atoms with Gasteiger partial charge in [0.05, 0.1) is 23.1 Å². The molecule has 2 aromatic rings. The third-order valence-corrected chi connectivity index (χ3v) is 4.59. The number of ether oxygens (including phenoxy) is 1. The van der Waals surface area contributed by atoms with Crippen LogP contribution in [0.5, 0.6) is 0 Å². The number of aromatic nitrogens is 3. The number of hydrogen-bond donors (Lipinski definition) is 2. The third kappa shape index (κ3) is 3.82. The molecule has 0 unspecified atom stereocenters. The van der Waals surface area contributed by atoms with E-state index in [1.54, 1.807) is 12.4 Å². The summed E-state index contributed by atoms with van der Waals surface area (Å²) in [5.74, 6) is 0. The van der Waals surface area contributed by atoms with Gasteiger partial charge in [-0.1, -0.05) is 0 Å². The SMILES string of the molecule is CCn1nc(C)c(NC(=O)N[C@H]2CCCO[C@@H]2c2ccncc2)c1C. The number of rotatable bonds is 4. The van der Waals surface area contributed by atoms with Gasteiger partial charge in [-0.3, -0.25) is 9.67 Å². The highest BCUT2D eigenvalue weighted by atomic mass is 16.5. The van der Waals surface area contributed by atoms with Gasteiger partial charge < -0.3 is 15.4 Å². The van der Waals surface area contributed by atoms with E-state index in [0.29, 0.717) is 6.61 Å². The molecule has 25 heavy (non-hydrogen) atoms. The monoisotopic (exact) mass is 343 g/mol. The number of hydrogen-bond acceptors (Lipinski definition) is 4. The van der Waals surface area contributed by atoms with Crippen molar-refractivity contribution < 1.29 is 9.53 Å². The van der Waals surface area contributed by atoms with Gasteiger partial charge in [0, 0.05) is 25.5 Å². The number of carbonyl (C=O) groups excluding carboxylic acids is 1. The molecule has 0 aromatic carbocycles. The van der Waals surface area contributed by atoms with Gasteiger partial charge in [-0.15, -0.1) is 0 Å². The van der Waals surface area contributed by atoms with E-state index in [9.17, 15) is 4.79 Å². The zero-order valence-corrected chi connectivity index (χ0v) is 15.0. The van der Waals surface area contributed by atoms with E-state index in [1.165, 1.54) is 0 Å². The molecule has 0 bridgehead atoms. The van der Waals surface area contributed by atoms with Crippen LogP contribution in [0.2, 0.25) is 0 Å². The first-order valence-electron chi connectivity index (χ1n) is 8.73. The third-order valence-electron chi connectivity index (χ3n) is 4.59. The molecule has 2 atom stereocenters. The van der Waals surface area contributed by atoms with E-state index < -0.39 is 0 Å². The average Bonchev–Trinajstić information content (AvgIpc) is 2.90. The smallest absolute Gasteiger partial charge is 0.319 e. The van der Waals surface area contributed by atoms with Crippen LogP contribution in [0.4, 0.5) is 10.5 Å². The average molecular weight is 343 g/mol. The molecular weight excluding hydrogens is 318 g/mol. The number of nitrogens with zero attached hydrogens (tertiary/aromatic N) is 3. The van der Waals surface area contributed by atoms with Crippen LogP contribution in [0.15, 0.2) is 24.5 Å². The van der Waals surface area contributed by atoms with Gasteiger partial charge >= 0.3 is 6.03 Å². The van der Waals surface area contributed by atoms with Crippen molar-refractivity contribution in [3.63, 3.8) is 0 Å². The largest absolute Gasteiger partial charge is 0.371 e. The Balaban J connectivity index is 1.70. The number of aryl methyl sites for hydroxylation is 2. The normalized spacial score (nSPS) is 20.3. The molecule has 7 nitrogen and oxygen atoms in total. The summed E-state index contributed by atoms with van der Waals surface area (Å²) < 4.78 is 7.79. The predicted octanol–water partition coefficient (Wildman–Crippen LogP) is 2.96. The summed E-state index contributed by atoms with van der Waals surface area (Å²) in [6, 6.07) is 3.57. The second-order valence-corrected chi connectivity index (χ2v) is 6.28. The van der Waals surface area contributed by atoms with Crippen molar-refractivity contribution >= 4 is 11.7 Å². The van der Waals surface area contributed by atoms with Crippen molar-refractivity contribution in [2.45, 2.75) is 52.3 Å². The Morgan fingerprint density at radius 3 is 2.80 bits per heavy atom. The van der Waals surface area contributed by atoms with Crippen LogP contribution < -0.4 is 10.6 Å². The molecule has 2 N–H and O–H groups in total. The number of anilines is 1. The Bertz CT molecular complexity index is 729. The second kappa shape index (κ2) is 7.65. The number of urea groups is 1. The lowest BCUT2D eigenvalue weighted by Gasteiger charge is -2.32. The van der Waals surface area contributed by atoms with Crippen LogP contribution in [0, 0.1) is 13.8 Å². The Morgan fingerprint density at radius 1 is 1.36 bits per heavy atom. The minimum atomic E-state index is -0.226. The summed E-state index contributed by atoms with van der Waals surface area (Å²) in [4.78, 5) is 16.6. The highest BCUT2D eigenvalue weighted by Gasteiger charge is 2.29. The zero-order valence-electron chi connectivity index (χ0n) is 15.0. The highest BCUT2D eigenvalue weighted by Crippen LogP contribution is 2.28. The molecule has 0 aliphatic carbocycles. The first-order chi connectivity index (χ1) is 12.1. The van der Waals surface area contributed by atoms with Crippen LogP contribution >= 0.6 is 0 Å². The molecule has 3 heterocycles. The standard InChI is InChI=1S/C18H25N5O2/c1-4-23-13(3)16(12(2)22-23)21-18(24)20-15-6-5-11-25-17(15)14-7-9-19-10-8-14/h7-10,15,17H,4-6,11H2,1-3H3,(H2,20,21,24)/t15-,17+/m0/s1. The number of amides is 2. The summed E-state index contributed by atoms with van der Waals surface area (Å²) in [7, 11) is 0. The number of pyridine rings is 1. The highest BCUT2D eigenvalue weighted by molar-refractivity contribution is 5.90. The Labute approximate surface area is 147 Å². The fourth-order valence-corrected chi connectivity index (χ4v) is 3.31. The van der Waals surface area contributed by atoms with Gasteiger partial charge in [0.2, 0.25) is 0 Å². The van der Waals surface area contributed by atoms with E-state index in [0.717, 1.165) is 42.0 Å². The van der Waals surface area contributed by atoms with Gasteiger partial charge in [0.1, 0.15) is 6.10 Å². The van der Waals surface area contributed by atoms with Gasteiger partial charge in [-0.2, -0.15) is 5.10 Å². The van der Waals surface area contributed by atoms with Gasteiger partial charge in [-0.25, -0.2) is 4.79 Å². The molecule has 1 fully saturated rings. The molecule has 0 spiro atoms. The molecule has 134 valence electrons. The van der Waals surface area contributed by atoms with E-state index in [4.69, 9.17) is 4.74 Å². The van der Waals surface area contributed by atoms with Crippen molar-refractivity contribution in [1.82, 2.24) is 20.1 Å². The molecule has 7 heteroatoms. The summed E-state index contributed by atoms with van der Waals surface area (Å²) in [5, 5.41) is 10.4. The van der Waals surface area contributed by atoms with Crippen molar-refractivity contribution in [3.05, 3.63) is 41.5 Å². The van der Waals surface area contributed by atoms with Crippen LogP contribution in [0.1, 0.15) is 42.8 Å². The van der Waals surface area contributed by atoms with Gasteiger partial charge in [-0.05, 0) is 51.3 Å². The minimum Gasteiger partial charge on any atom is -0.371 e. The van der Waals surface area contributed by atoms with Crippen molar-refractivity contribution in [3.8, 4) is 0 Å². The van der Waals surface area contributed by atoms with Crippen molar-refractivity contribution in [2.24, 2.45) is 0 Å². The van der Waals surface area contributed by atoms with Gasteiger partial charge in [0.15, 0.2) is 0 Å². The molecule has 0 saturated carbocycles. The summed E-state index contributed by atoms with van der Waals surface area (Å²) in [6.07, 6.45) is 5.15. The fourth-order valence-electron chi connectivity index (χ4n) is 3.31.